The van der Waals surface area contributed by atoms with E-state index in [-0.39, 0.29) is 11.9 Å². The Morgan fingerprint density at radius 1 is 0.833 bits per heavy atom. The first kappa shape index (κ1) is 30.7. The van der Waals surface area contributed by atoms with E-state index in [1.165, 1.54) is 0 Å². The zero-order chi connectivity index (χ0) is 29.7. The van der Waals surface area contributed by atoms with Crippen molar-refractivity contribution in [2.24, 2.45) is 0 Å². The third kappa shape index (κ3) is 8.38. The SMILES string of the molecule is CCOC(=O)CCCCCCOc1ccc(N2CCN(C(=O)c3cccc(-c4ccc(OC)c(OC)c4)n3)CC2)cc1. The van der Waals surface area contributed by atoms with Crippen molar-refractivity contribution in [2.75, 3.05) is 58.5 Å². The molecule has 1 saturated heterocycles. The van der Waals surface area contributed by atoms with E-state index in [0.29, 0.717) is 55.6 Å². The second-order valence-corrected chi connectivity index (χ2v) is 10.1. The van der Waals surface area contributed by atoms with E-state index in [0.717, 1.165) is 55.8 Å². The lowest BCUT2D eigenvalue weighted by Gasteiger charge is -2.36. The number of hydrogen-bond acceptors (Lipinski definition) is 8. The van der Waals surface area contributed by atoms with Crippen LogP contribution >= 0.6 is 0 Å². The molecule has 0 saturated carbocycles. The fourth-order valence-corrected chi connectivity index (χ4v) is 4.94. The number of methoxy groups -OCH3 is 2. The summed E-state index contributed by atoms with van der Waals surface area (Å²) in [6, 6.07) is 19.2. The molecule has 224 valence electrons. The second-order valence-electron chi connectivity index (χ2n) is 10.1. The molecule has 3 aromatic rings. The molecule has 0 radical (unpaired) electrons. The molecule has 0 N–H and O–H groups in total. The number of hydrogen-bond donors (Lipinski definition) is 0. The van der Waals surface area contributed by atoms with Crippen LogP contribution in [0.5, 0.6) is 17.2 Å². The van der Waals surface area contributed by atoms with Gasteiger partial charge in [-0.25, -0.2) is 4.98 Å². The molecule has 2 aromatic carbocycles. The van der Waals surface area contributed by atoms with E-state index >= 15 is 0 Å². The third-order valence-electron chi connectivity index (χ3n) is 7.27. The van der Waals surface area contributed by atoms with Gasteiger partial charge in [-0.05, 0) is 74.4 Å². The van der Waals surface area contributed by atoms with Crippen LogP contribution in [-0.2, 0) is 9.53 Å². The van der Waals surface area contributed by atoms with Gasteiger partial charge in [-0.3, -0.25) is 9.59 Å². The molecule has 1 aromatic heterocycles. The number of pyridine rings is 1. The average molecular weight is 576 g/mol. The Balaban J connectivity index is 1.22. The van der Waals surface area contributed by atoms with E-state index < -0.39 is 0 Å². The quantitative estimate of drug-likeness (QED) is 0.181. The second kappa shape index (κ2) is 15.7. The highest BCUT2D eigenvalue weighted by molar-refractivity contribution is 5.93. The van der Waals surface area contributed by atoms with Gasteiger partial charge in [-0.15, -0.1) is 0 Å². The van der Waals surface area contributed by atoms with Crippen LogP contribution in [0.3, 0.4) is 0 Å². The standard InChI is InChI=1S/C33H41N3O6/c1-4-41-32(37)12-7-5-6-8-23-42-27-16-14-26(15-17-27)35-19-21-36(22-20-35)33(38)29-11-9-10-28(34-29)25-13-18-30(39-2)31(24-25)40-3/h9-11,13-18,24H,4-8,12,19-23H2,1-3H3. The lowest BCUT2D eigenvalue weighted by molar-refractivity contribution is -0.143. The van der Waals surface area contributed by atoms with E-state index in [4.69, 9.17) is 18.9 Å². The van der Waals surface area contributed by atoms with E-state index in [1.807, 2.05) is 54.3 Å². The lowest BCUT2D eigenvalue weighted by atomic mass is 10.1. The Bertz CT molecular complexity index is 1310. The summed E-state index contributed by atoms with van der Waals surface area (Å²) in [6.45, 7) is 5.65. The van der Waals surface area contributed by atoms with Crippen molar-refractivity contribution < 1.29 is 28.5 Å². The average Bonchev–Trinajstić information content (AvgIpc) is 3.04. The fourth-order valence-electron chi connectivity index (χ4n) is 4.94. The van der Waals surface area contributed by atoms with E-state index in [1.54, 1.807) is 20.3 Å². The van der Waals surface area contributed by atoms with Gasteiger partial charge in [0.1, 0.15) is 11.4 Å². The fraction of sp³-hybridized carbons (Fsp3) is 0.424. The number of anilines is 1. The van der Waals surface area contributed by atoms with Gasteiger partial charge < -0.3 is 28.7 Å². The number of nitrogens with zero attached hydrogens (tertiary/aromatic N) is 3. The van der Waals surface area contributed by atoms with Crippen LogP contribution < -0.4 is 19.1 Å². The maximum Gasteiger partial charge on any atom is 0.305 e. The number of carbonyl (C=O) groups excluding carboxylic acids is 2. The Labute approximate surface area is 248 Å². The summed E-state index contributed by atoms with van der Waals surface area (Å²) < 4.78 is 21.6. The molecule has 9 heteroatoms. The summed E-state index contributed by atoms with van der Waals surface area (Å²) in [5.41, 5.74) is 3.10. The van der Waals surface area contributed by atoms with Gasteiger partial charge in [0, 0.05) is 43.9 Å². The molecule has 9 nitrogen and oxygen atoms in total. The van der Waals surface area contributed by atoms with Crippen molar-refractivity contribution >= 4 is 17.6 Å². The molecule has 0 spiro atoms. The number of aromatic nitrogens is 1. The Morgan fingerprint density at radius 3 is 2.29 bits per heavy atom. The minimum Gasteiger partial charge on any atom is -0.494 e. The highest BCUT2D eigenvalue weighted by Gasteiger charge is 2.23. The molecule has 0 atom stereocenters. The van der Waals surface area contributed by atoms with Crippen LogP contribution in [0.1, 0.15) is 49.5 Å². The monoisotopic (exact) mass is 575 g/mol. The summed E-state index contributed by atoms with van der Waals surface area (Å²) in [5, 5.41) is 0. The first-order valence-corrected chi connectivity index (χ1v) is 14.6. The van der Waals surface area contributed by atoms with E-state index in [9.17, 15) is 9.59 Å². The van der Waals surface area contributed by atoms with Crippen molar-refractivity contribution in [1.29, 1.82) is 0 Å². The number of esters is 1. The Kier molecular flexibility index (Phi) is 11.4. The number of benzene rings is 2. The molecule has 1 aliphatic rings. The van der Waals surface area contributed by atoms with Crippen molar-refractivity contribution in [3.05, 3.63) is 66.4 Å². The van der Waals surface area contributed by atoms with E-state index in [2.05, 4.69) is 22.0 Å². The minimum absolute atomic E-state index is 0.0679. The minimum atomic E-state index is -0.115. The maximum absolute atomic E-state index is 13.3. The molecule has 0 aliphatic carbocycles. The zero-order valence-electron chi connectivity index (χ0n) is 24.8. The first-order valence-electron chi connectivity index (χ1n) is 14.6. The van der Waals surface area contributed by atoms with Crippen LogP contribution in [-0.4, -0.2) is 75.4 Å². The summed E-state index contributed by atoms with van der Waals surface area (Å²) >= 11 is 0. The van der Waals surface area contributed by atoms with Crippen molar-refractivity contribution in [3.8, 4) is 28.5 Å². The molecule has 0 unspecified atom stereocenters. The van der Waals surface area contributed by atoms with Crippen LogP contribution in [0, 0.1) is 0 Å². The summed E-state index contributed by atoms with van der Waals surface area (Å²) in [4.78, 5) is 33.5. The van der Waals surface area contributed by atoms with Gasteiger partial charge in [0.15, 0.2) is 11.5 Å². The topological polar surface area (TPSA) is 90.4 Å². The number of piperazine rings is 1. The highest BCUT2D eigenvalue weighted by atomic mass is 16.5. The zero-order valence-corrected chi connectivity index (χ0v) is 24.8. The van der Waals surface area contributed by atoms with Crippen LogP contribution in [0.25, 0.3) is 11.3 Å². The number of ether oxygens (including phenoxy) is 4. The van der Waals surface area contributed by atoms with Gasteiger partial charge in [-0.1, -0.05) is 18.9 Å². The van der Waals surface area contributed by atoms with Crippen LogP contribution in [0.2, 0.25) is 0 Å². The molecule has 42 heavy (non-hydrogen) atoms. The Hall–Kier alpha value is -4.27. The van der Waals surface area contributed by atoms with Crippen molar-refractivity contribution in [3.63, 3.8) is 0 Å². The van der Waals surface area contributed by atoms with Crippen molar-refractivity contribution in [2.45, 2.75) is 39.0 Å². The normalized spacial score (nSPS) is 13.0. The van der Waals surface area contributed by atoms with Crippen molar-refractivity contribution in [1.82, 2.24) is 9.88 Å². The number of rotatable bonds is 14. The molecule has 0 bridgehead atoms. The van der Waals surface area contributed by atoms with Crippen LogP contribution in [0.15, 0.2) is 60.7 Å². The third-order valence-corrected chi connectivity index (χ3v) is 7.27. The predicted molar refractivity (Wildman–Crippen MR) is 163 cm³/mol. The Morgan fingerprint density at radius 2 is 1.57 bits per heavy atom. The highest BCUT2D eigenvalue weighted by Crippen LogP contribution is 2.31. The first-order chi connectivity index (χ1) is 20.5. The molecular weight excluding hydrogens is 534 g/mol. The van der Waals surface area contributed by atoms with Gasteiger partial charge in [0.25, 0.3) is 5.91 Å². The molecule has 1 fully saturated rings. The number of carbonyl (C=O) groups is 2. The molecule has 4 rings (SSSR count). The maximum atomic E-state index is 13.3. The molecule has 1 amide bonds. The summed E-state index contributed by atoms with van der Waals surface area (Å²) in [6.07, 6.45) is 4.32. The van der Waals surface area contributed by atoms with Crippen LogP contribution in [0.4, 0.5) is 5.69 Å². The van der Waals surface area contributed by atoms with Gasteiger partial charge in [0.05, 0.1) is 33.1 Å². The van der Waals surface area contributed by atoms with Gasteiger partial charge in [-0.2, -0.15) is 0 Å². The summed E-state index contributed by atoms with van der Waals surface area (Å²) in [5.74, 6) is 1.92. The summed E-state index contributed by atoms with van der Waals surface area (Å²) in [7, 11) is 3.19. The molecule has 1 aliphatic heterocycles. The predicted octanol–water partition coefficient (Wildman–Crippen LogP) is 5.62. The van der Waals surface area contributed by atoms with Gasteiger partial charge in [0.2, 0.25) is 0 Å². The molecule has 2 heterocycles. The largest absolute Gasteiger partial charge is 0.494 e. The number of amides is 1. The smallest absolute Gasteiger partial charge is 0.305 e. The lowest BCUT2D eigenvalue weighted by Crippen LogP contribution is -2.49. The number of unbranched alkanes of at least 4 members (excludes halogenated alkanes) is 3. The molecular formula is C33H41N3O6. The van der Waals surface area contributed by atoms with Gasteiger partial charge >= 0.3 is 5.97 Å².